The van der Waals surface area contributed by atoms with E-state index < -0.39 is 0 Å². The summed E-state index contributed by atoms with van der Waals surface area (Å²) >= 11 is 3.44. The molecule has 0 aliphatic heterocycles. The average molecular weight is 296 g/mol. The van der Waals surface area contributed by atoms with Crippen LogP contribution < -0.4 is 10.5 Å². The molecule has 1 aromatic heterocycles. The molecule has 0 fully saturated rings. The molecule has 2 N–H and O–H groups in total. The van der Waals surface area contributed by atoms with Gasteiger partial charge in [-0.3, -0.25) is 0 Å². The summed E-state index contributed by atoms with van der Waals surface area (Å²) in [5.41, 5.74) is 7.11. The van der Waals surface area contributed by atoms with Crippen LogP contribution in [0.3, 0.4) is 0 Å². The molecule has 0 aliphatic carbocycles. The highest BCUT2D eigenvalue weighted by atomic mass is 79.9. The van der Waals surface area contributed by atoms with Crippen molar-refractivity contribution in [2.75, 3.05) is 7.11 Å². The third-order valence-corrected chi connectivity index (χ3v) is 3.22. The first kappa shape index (κ1) is 12.2. The number of ether oxygens (including phenoxy) is 1. The van der Waals surface area contributed by atoms with Crippen LogP contribution in [0, 0.1) is 6.92 Å². The Morgan fingerprint density at radius 3 is 2.59 bits per heavy atom. The van der Waals surface area contributed by atoms with Crippen LogP contribution in [-0.4, -0.2) is 7.11 Å². The summed E-state index contributed by atoms with van der Waals surface area (Å²) < 4.78 is 11.6. The number of rotatable bonds is 3. The Morgan fingerprint density at radius 2 is 2.06 bits per heavy atom. The molecule has 1 atom stereocenters. The van der Waals surface area contributed by atoms with E-state index in [0.29, 0.717) is 0 Å². The average Bonchev–Trinajstić information content (AvgIpc) is 2.75. The Kier molecular flexibility index (Phi) is 3.54. The van der Waals surface area contributed by atoms with E-state index >= 15 is 0 Å². The van der Waals surface area contributed by atoms with Crippen LogP contribution in [0.25, 0.3) is 0 Å². The van der Waals surface area contributed by atoms with Crippen molar-refractivity contribution in [3.8, 4) is 5.75 Å². The normalized spacial score (nSPS) is 12.5. The van der Waals surface area contributed by atoms with Gasteiger partial charge in [0, 0.05) is 0 Å². The standard InChI is InChI=1S/C13H14BrNO2/c1-8-3-5-12(17-8)13(15)9-4-6-11(16-2)10(14)7-9/h3-7,13H,15H2,1-2H3. The Bertz CT molecular complexity index is 522. The van der Waals surface area contributed by atoms with Crippen LogP contribution in [0.15, 0.2) is 39.2 Å². The van der Waals surface area contributed by atoms with E-state index in [9.17, 15) is 0 Å². The molecule has 0 spiro atoms. The van der Waals surface area contributed by atoms with Gasteiger partial charge in [0.1, 0.15) is 17.3 Å². The molecule has 90 valence electrons. The second kappa shape index (κ2) is 4.94. The van der Waals surface area contributed by atoms with Gasteiger partial charge in [-0.25, -0.2) is 0 Å². The van der Waals surface area contributed by atoms with Crippen LogP contribution >= 0.6 is 15.9 Å². The maximum atomic E-state index is 6.13. The summed E-state index contributed by atoms with van der Waals surface area (Å²) in [6.45, 7) is 1.90. The van der Waals surface area contributed by atoms with E-state index in [1.807, 2.05) is 37.3 Å². The summed E-state index contributed by atoms with van der Waals surface area (Å²) in [5, 5.41) is 0. The van der Waals surface area contributed by atoms with E-state index in [0.717, 1.165) is 27.3 Å². The fourth-order valence-corrected chi connectivity index (χ4v) is 2.22. The third kappa shape index (κ3) is 2.53. The molecule has 0 amide bonds. The lowest BCUT2D eigenvalue weighted by Gasteiger charge is -2.11. The zero-order chi connectivity index (χ0) is 12.4. The first-order chi connectivity index (χ1) is 8.11. The van der Waals surface area contributed by atoms with E-state index in [1.54, 1.807) is 7.11 Å². The molecule has 3 nitrogen and oxygen atoms in total. The highest BCUT2D eigenvalue weighted by Gasteiger charge is 2.14. The van der Waals surface area contributed by atoms with Gasteiger partial charge < -0.3 is 14.9 Å². The van der Waals surface area contributed by atoms with Crippen molar-refractivity contribution < 1.29 is 9.15 Å². The Labute approximate surface area is 109 Å². The molecule has 1 heterocycles. The molecular formula is C13H14BrNO2. The highest BCUT2D eigenvalue weighted by molar-refractivity contribution is 9.10. The van der Waals surface area contributed by atoms with Crippen LogP contribution in [0.5, 0.6) is 5.75 Å². The highest BCUT2D eigenvalue weighted by Crippen LogP contribution is 2.30. The van der Waals surface area contributed by atoms with Crippen molar-refractivity contribution >= 4 is 15.9 Å². The number of aryl methyl sites for hydroxylation is 1. The first-order valence-electron chi connectivity index (χ1n) is 5.27. The van der Waals surface area contributed by atoms with Crippen molar-refractivity contribution in [2.24, 2.45) is 5.73 Å². The monoisotopic (exact) mass is 295 g/mol. The number of halogens is 1. The maximum Gasteiger partial charge on any atom is 0.133 e. The maximum absolute atomic E-state index is 6.13. The Balaban J connectivity index is 2.31. The van der Waals surface area contributed by atoms with Crippen molar-refractivity contribution in [3.05, 3.63) is 51.9 Å². The van der Waals surface area contributed by atoms with Crippen LogP contribution in [-0.2, 0) is 0 Å². The summed E-state index contributed by atoms with van der Waals surface area (Å²) in [5.74, 6) is 2.42. The van der Waals surface area contributed by atoms with Gasteiger partial charge in [-0.1, -0.05) is 6.07 Å². The lowest BCUT2D eigenvalue weighted by molar-refractivity contribution is 0.411. The summed E-state index contributed by atoms with van der Waals surface area (Å²) in [6, 6.07) is 9.32. The van der Waals surface area contributed by atoms with E-state index in [2.05, 4.69) is 15.9 Å². The molecule has 0 saturated heterocycles. The SMILES string of the molecule is COc1ccc(C(N)c2ccc(C)o2)cc1Br. The predicted molar refractivity (Wildman–Crippen MR) is 70.2 cm³/mol. The van der Waals surface area contributed by atoms with E-state index in [1.165, 1.54) is 0 Å². The summed E-state index contributed by atoms with van der Waals surface area (Å²) in [6.07, 6.45) is 0. The van der Waals surface area contributed by atoms with Crippen molar-refractivity contribution in [3.63, 3.8) is 0 Å². The van der Waals surface area contributed by atoms with E-state index in [-0.39, 0.29) is 6.04 Å². The smallest absolute Gasteiger partial charge is 0.133 e. The van der Waals surface area contributed by atoms with Crippen LogP contribution in [0.4, 0.5) is 0 Å². The quantitative estimate of drug-likeness (QED) is 0.944. The van der Waals surface area contributed by atoms with Crippen molar-refractivity contribution in [1.82, 2.24) is 0 Å². The molecule has 0 radical (unpaired) electrons. The topological polar surface area (TPSA) is 48.4 Å². The number of methoxy groups -OCH3 is 1. The van der Waals surface area contributed by atoms with Gasteiger partial charge in [0.05, 0.1) is 17.6 Å². The van der Waals surface area contributed by atoms with E-state index in [4.69, 9.17) is 14.9 Å². The van der Waals surface area contributed by atoms with Gasteiger partial charge in [-0.2, -0.15) is 0 Å². The minimum absolute atomic E-state index is 0.258. The number of furan rings is 1. The molecule has 17 heavy (non-hydrogen) atoms. The summed E-state index contributed by atoms with van der Waals surface area (Å²) in [7, 11) is 1.63. The van der Waals surface area contributed by atoms with Crippen molar-refractivity contribution in [1.29, 1.82) is 0 Å². The number of hydrogen-bond acceptors (Lipinski definition) is 3. The third-order valence-electron chi connectivity index (χ3n) is 2.60. The molecular weight excluding hydrogens is 282 g/mol. The van der Waals surface area contributed by atoms with Gasteiger partial charge in [0.15, 0.2) is 0 Å². The first-order valence-corrected chi connectivity index (χ1v) is 6.06. The van der Waals surface area contributed by atoms with Gasteiger partial charge >= 0.3 is 0 Å². The second-order valence-electron chi connectivity index (χ2n) is 3.82. The van der Waals surface area contributed by atoms with Crippen LogP contribution in [0.2, 0.25) is 0 Å². The Morgan fingerprint density at radius 1 is 1.29 bits per heavy atom. The molecule has 1 unspecified atom stereocenters. The zero-order valence-electron chi connectivity index (χ0n) is 9.74. The van der Waals surface area contributed by atoms with Gasteiger partial charge in [-0.05, 0) is 52.7 Å². The van der Waals surface area contributed by atoms with Gasteiger partial charge in [0.25, 0.3) is 0 Å². The fourth-order valence-electron chi connectivity index (χ4n) is 1.66. The molecule has 0 saturated carbocycles. The summed E-state index contributed by atoms with van der Waals surface area (Å²) in [4.78, 5) is 0. The lowest BCUT2D eigenvalue weighted by atomic mass is 10.1. The minimum Gasteiger partial charge on any atom is -0.496 e. The lowest BCUT2D eigenvalue weighted by Crippen LogP contribution is -2.10. The number of hydrogen-bond donors (Lipinski definition) is 1. The number of nitrogens with two attached hydrogens (primary N) is 1. The largest absolute Gasteiger partial charge is 0.496 e. The molecule has 0 bridgehead atoms. The molecule has 0 aliphatic rings. The van der Waals surface area contributed by atoms with Crippen molar-refractivity contribution in [2.45, 2.75) is 13.0 Å². The molecule has 1 aromatic carbocycles. The minimum atomic E-state index is -0.258. The Hall–Kier alpha value is -1.26. The second-order valence-corrected chi connectivity index (χ2v) is 4.67. The zero-order valence-corrected chi connectivity index (χ0v) is 11.3. The molecule has 4 heteroatoms. The fraction of sp³-hybridized carbons (Fsp3) is 0.231. The molecule has 2 aromatic rings. The predicted octanol–water partition coefficient (Wildman–Crippen LogP) is 3.41. The van der Waals surface area contributed by atoms with Gasteiger partial charge in [0.2, 0.25) is 0 Å². The molecule has 2 rings (SSSR count). The van der Waals surface area contributed by atoms with Gasteiger partial charge in [-0.15, -0.1) is 0 Å². The number of benzene rings is 1. The van der Waals surface area contributed by atoms with Crippen LogP contribution in [0.1, 0.15) is 23.1 Å².